The Balaban J connectivity index is 3.19. The molecule has 1 aromatic carbocycles. The van der Waals surface area contributed by atoms with Crippen molar-refractivity contribution in [2.45, 2.75) is 26.8 Å². The van der Waals surface area contributed by atoms with Gasteiger partial charge in [-0.2, -0.15) is 0 Å². The summed E-state index contributed by atoms with van der Waals surface area (Å²) >= 11 is 0. The molecule has 0 fully saturated rings. The minimum atomic E-state index is -0.587. The first-order chi connectivity index (χ1) is 6.43. The van der Waals surface area contributed by atoms with Gasteiger partial charge in [0.15, 0.2) is 5.78 Å². The lowest BCUT2D eigenvalue weighted by molar-refractivity contribution is 0.0967. The van der Waals surface area contributed by atoms with Crippen molar-refractivity contribution in [3.05, 3.63) is 34.6 Å². The first-order valence-electron chi connectivity index (χ1n) is 4.50. The van der Waals surface area contributed by atoms with Gasteiger partial charge in [0, 0.05) is 5.56 Å². The average Bonchev–Trinajstić information content (AvgIpc) is 2.12. The maximum Gasteiger partial charge on any atom is 0.179 e. The van der Waals surface area contributed by atoms with E-state index in [1.165, 1.54) is 6.07 Å². The summed E-state index contributed by atoms with van der Waals surface area (Å²) in [7, 11) is 0. The van der Waals surface area contributed by atoms with Gasteiger partial charge < -0.3 is 5.73 Å². The number of ketones is 1. The molecule has 0 aliphatic heterocycles. The Kier molecular flexibility index (Phi) is 3.01. The van der Waals surface area contributed by atoms with Crippen LogP contribution in [0.5, 0.6) is 0 Å². The van der Waals surface area contributed by atoms with E-state index in [0.29, 0.717) is 11.1 Å². The highest BCUT2D eigenvalue weighted by atomic mass is 19.1. The monoisotopic (exact) mass is 195 g/mol. The van der Waals surface area contributed by atoms with Crippen LogP contribution in [0.2, 0.25) is 0 Å². The fourth-order valence-electron chi connectivity index (χ4n) is 1.22. The van der Waals surface area contributed by atoms with Gasteiger partial charge in [-0.05, 0) is 44.0 Å². The van der Waals surface area contributed by atoms with E-state index in [1.54, 1.807) is 26.8 Å². The van der Waals surface area contributed by atoms with Gasteiger partial charge in [-0.3, -0.25) is 4.79 Å². The Labute approximate surface area is 82.9 Å². The summed E-state index contributed by atoms with van der Waals surface area (Å²) < 4.78 is 13.3. The fourth-order valence-corrected chi connectivity index (χ4v) is 1.22. The number of benzene rings is 1. The first-order valence-corrected chi connectivity index (χ1v) is 4.50. The van der Waals surface area contributed by atoms with Crippen LogP contribution in [-0.2, 0) is 0 Å². The van der Waals surface area contributed by atoms with E-state index in [4.69, 9.17) is 5.73 Å². The van der Waals surface area contributed by atoms with Gasteiger partial charge in [0.2, 0.25) is 0 Å². The summed E-state index contributed by atoms with van der Waals surface area (Å²) in [5.74, 6) is -0.582. The molecule has 1 rings (SSSR count). The van der Waals surface area contributed by atoms with Gasteiger partial charge in [-0.15, -0.1) is 0 Å². The number of carbonyl (C=O) groups excluding carboxylic acids is 1. The molecule has 76 valence electrons. The van der Waals surface area contributed by atoms with Crippen LogP contribution in [0.25, 0.3) is 0 Å². The van der Waals surface area contributed by atoms with Crippen LogP contribution in [0.4, 0.5) is 4.39 Å². The quantitative estimate of drug-likeness (QED) is 0.733. The number of carbonyl (C=O) groups is 1. The standard InChI is InChI=1S/C11H14FNO/c1-6-4-9(11(14)8(3)13)5-10(12)7(6)2/h4-5,8H,13H2,1-3H3. The molecular formula is C11H14FNO. The summed E-state index contributed by atoms with van der Waals surface area (Å²) in [6.07, 6.45) is 0. The van der Waals surface area contributed by atoms with Crippen LogP contribution in [-0.4, -0.2) is 11.8 Å². The summed E-state index contributed by atoms with van der Waals surface area (Å²) in [6.45, 7) is 5.05. The van der Waals surface area contributed by atoms with Gasteiger partial charge in [0.25, 0.3) is 0 Å². The second-order valence-corrected chi connectivity index (χ2v) is 3.55. The number of aryl methyl sites for hydroxylation is 1. The van der Waals surface area contributed by atoms with Crippen LogP contribution in [0.3, 0.4) is 0 Å². The van der Waals surface area contributed by atoms with Gasteiger partial charge in [-0.25, -0.2) is 4.39 Å². The molecular weight excluding hydrogens is 181 g/mol. The second-order valence-electron chi connectivity index (χ2n) is 3.55. The third-order valence-electron chi connectivity index (χ3n) is 2.30. The predicted octanol–water partition coefficient (Wildman–Crippen LogP) is 1.97. The minimum Gasteiger partial charge on any atom is -0.321 e. The highest BCUT2D eigenvalue weighted by Gasteiger charge is 2.13. The van der Waals surface area contributed by atoms with Crippen molar-refractivity contribution in [3.63, 3.8) is 0 Å². The number of hydrogen-bond acceptors (Lipinski definition) is 2. The Morgan fingerprint density at radius 1 is 1.43 bits per heavy atom. The zero-order chi connectivity index (χ0) is 10.9. The van der Waals surface area contributed by atoms with E-state index in [9.17, 15) is 9.18 Å². The number of halogens is 1. The smallest absolute Gasteiger partial charge is 0.179 e. The maximum atomic E-state index is 13.3. The van der Waals surface area contributed by atoms with Crippen LogP contribution >= 0.6 is 0 Å². The highest BCUT2D eigenvalue weighted by molar-refractivity contribution is 5.99. The van der Waals surface area contributed by atoms with Crippen molar-refractivity contribution >= 4 is 5.78 Å². The Morgan fingerprint density at radius 3 is 2.43 bits per heavy atom. The van der Waals surface area contributed by atoms with Crippen molar-refractivity contribution < 1.29 is 9.18 Å². The van der Waals surface area contributed by atoms with Crippen LogP contribution in [0.1, 0.15) is 28.4 Å². The number of Topliss-reactive ketones (excluding diaryl/α,β-unsaturated/α-hetero) is 1. The Morgan fingerprint density at radius 2 is 2.00 bits per heavy atom. The molecule has 0 spiro atoms. The summed E-state index contributed by atoms with van der Waals surface area (Å²) in [4.78, 5) is 11.5. The average molecular weight is 195 g/mol. The molecule has 0 bridgehead atoms. The van der Waals surface area contributed by atoms with E-state index >= 15 is 0 Å². The van der Waals surface area contributed by atoms with Gasteiger partial charge in [0.1, 0.15) is 5.82 Å². The molecule has 3 heteroatoms. The Bertz CT molecular complexity index is 349. The van der Waals surface area contributed by atoms with Crippen molar-refractivity contribution in [2.75, 3.05) is 0 Å². The van der Waals surface area contributed by atoms with Crippen LogP contribution in [0, 0.1) is 19.7 Å². The largest absolute Gasteiger partial charge is 0.321 e. The first kappa shape index (κ1) is 10.9. The van der Waals surface area contributed by atoms with Crippen LogP contribution < -0.4 is 5.73 Å². The molecule has 0 aliphatic carbocycles. The maximum absolute atomic E-state index is 13.3. The molecule has 1 unspecified atom stereocenters. The van der Waals surface area contributed by atoms with E-state index in [2.05, 4.69) is 0 Å². The lowest BCUT2D eigenvalue weighted by Crippen LogP contribution is -2.26. The summed E-state index contributed by atoms with van der Waals surface area (Å²) in [6, 6.07) is 2.33. The van der Waals surface area contributed by atoms with Gasteiger partial charge in [0.05, 0.1) is 6.04 Å². The summed E-state index contributed by atoms with van der Waals surface area (Å²) in [5, 5.41) is 0. The van der Waals surface area contributed by atoms with Crippen molar-refractivity contribution in [2.24, 2.45) is 5.73 Å². The molecule has 0 amide bonds. The number of nitrogens with two attached hydrogens (primary N) is 1. The van der Waals surface area contributed by atoms with Gasteiger partial charge >= 0.3 is 0 Å². The molecule has 1 aromatic rings. The van der Waals surface area contributed by atoms with E-state index < -0.39 is 6.04 Å². The SMILES string of the molecule is Cc1cc(C(=O)C(C)N)cc(F)c1C. The third-order valence-corrected chi connectivity index (χ3v) is 2.30. The topological polar surface area (TPSA) is 43.1 Å². The summed E-state index contributed by atoms with van der Waals surface area (Å²) in [5.41, 5.74) is 7.13. The molecule has 0 radical (unpaired) electrons. The molecule has 0 saturated carbocycles. The van der Waals surface area contributed by atoms with E-state index in [-0.39, 0.29) is 11.6 Å². The van der Waals surface area contributed by atoms with Crippen molar-refractivity contribution in [1.29, 1.82) is 0 Å². The van der Waals surface area contributed by atoms with E-state index in [0.717, 1.165) is 5.56 Å². The Hall–Kier alpha value is -1.22. The van der Waals surface area contributed by atoms with E-state index in [1.807, 2.05) is 0 Å². The molecule has 2 nitrogen and oxygen atoms in total. The fraction of sp³-hybridized carbons (Fsp3) is 0.364. The minimum absolute atomic E-state index is 0.230. The molecule has 1 atom stereocenters. The number of hydrogen-bond donors (Lipinski definition) is 1. The zero-order valence-corrected chi connectivity index (χ0v) is 8.60. The molecule has 0 aromatic heterocycles. The normalized spacial score (nSPS) is 12.6. The predicted molar refractivity (Wildman–Crippen MR) is 53.9 cm³/mol. The molecule has 0 saturated heterocycles. The lowest BCUT2D eigenvalue weighted by Gasteiger charge is -2.08. The highest BCUT2D eigenvalue weighted by Crippen LogP contribution is 2.15. The number of rotatable bonds is 2. The molecule has 14 heavy (non-hydrogen) atoms. The lowest BCUT2D eigenvalue weighted by atomic mass is 10.0. The van der Waals surface area contributed by atoms with Crippen molar-refractivity contribution in [3.8, 4) is 0 Å². The zero-order valence-electron chi connectivity index (χ0n) is 8.60. The second kappa shape index (κ2) is 3.88. The molecule has 0 aliphatic rings. The van der Waals surface area contributed by atoms with Crippen LogP contribution in [0.15, 0.2) is 12.1 Å². The van der Waals surface area contributed by atoms with Gasteiger partial charge in [-0.1, -0.05) is 0 Å². The third kappa shape index (κ3) is 1.99. The van der Waals surface area contributed by atoms with Crippen molar-refractivity contribution in [1.82, 2.24) is 0 Å². The molecule has 0 heterocycles. The molecule has 2 N–H and O–H groups in total.